The number of carbonyl (C=O) groups excluding carboxylic acids is 1. The maximum atomic E-state index is 11.9. The Kier molecular flexibility index (Phi) is 3.38. The first kappa shape index (κ1) is 11.8. The van der Waals surface area contributed by atoms with Crippen LogP contribution in [-0.2, 0) is 6.54 Å². The van der Waals surface area contributed by atoms with E-state index in [0.717, 1.165) is 6.20 Å². The highest BCUT2D eigenvalue weighted by atomic mass is 16.6. The van der Waals surface area contributed by atoms with Gasteiger partial charge in [0.25, 0.3) is 0 Å². The van der Waals surface area contributed by atoms with Gasteiger partial charge in [-0.2, -0.15) is 0 Å². The molecule has 0 spiro atoms. The molecule has 18 heavy (non-hydrogen) atoms. The van der Waals surface area contributed by atoms with Gasteiger partial charge < -0.3 is 0 Å². The maximum absolute atomic E-state index is 11.9. The number of carbonyl (C=O) groups is 1. The van der Waals surface area contributed by atoms with E-state index in [1.54, 1.807) is 30.3 Å². The van der Waals surface area contributed by atoms with Crippen molar-refractivity contribution in [1.29, 1.82) is 0 Å². The summed E-state index contributed by atoms with van der Waals surface area (Å²) in [6, 6.07) is 8.66. The van der Waals surface area contributed by atoms with Gasteiger partial charge in [0.2, 0.25) is 12.3 Å². The minimum Gasteiger partial charge on any atom is -0.287 e. The molecule has 0 N–H and O–H groups in total. The molecule has 0 atom stereocenters. The number of benzene rings is 1. The van der Waals surface area contributed by atoms with E-state index in [4.69, 9.17) is 0 Å². The first-order valence-corrected chi connectivity index (χ1v) is 5.24. The van der Waals surface area contributed by atoms with Crippen molar-refractivity contribution in [2.75, 3.05) is 0 Å². The van der Waals surface area contributed by atoms with Gasteiger partial charge in [0.05, 0.1) is 6.20 Å². The van der Waals surface area contributed by atoms with Gasteiger partial charge in [-0.3, -0.25) is 14.9 Å². The molecule has 90 valence electrons. The summed E-state index contributed by atoms with van der Waals surface area (Å²) < 4.78 is 1.27. The number of nitrogens with zero attached hydrogens (tertiary/aromatic N) is 3. The monoisotopic (exact) mass is 244 g/mol. The fourth-order valence-electron chi connectivity index (χ4n) is 1.53. The highest BCUT2D eigenvalue weighted by Crippen LogP contribution is 2.03. The lowest BCUT2D eigenvalue weighted by molar-refractivity contribution is -0.725. The molecule has 0 aliphatic carbocycles. The standard InChI is InChI=1S/C12H10N3O3/c16-11(10-4-2-1-3-5-10)9-14-7-6-13-8-12(14)15(17)18/h1-8H,9H2/q+1. The molecule has 0 saturated carbocycles. The van der Waals surface area contributed by atoms with Crippen LogP contribution in [0.15, 0.2) is 48.9 Å². The molecule has 0 radical (unpaired) electrons. The van der Waals surface area contributed by atoms with E-state index in [9.17, 15) is 14.9 Å². The molecule has 1 heterocycles. The van der Waals surface area contributed by atoms with Crippen molar-refractivity contribution in [1.82, 2.24) is 4.98 Å². The summed E-state index contributed by atoms with van der Waals surface area (Å²) in [7, 11) is 0. The van der Waals surface area contributed by atoms with Gasteiger partial charge >= 0.3 is 5.82 Å². The molecule has 0 fully saturated rings. The summed E-state index contributed by atoms with van der Waals surface area (Å²) in [4.78, 5) is 25.8. The minimum atomic E-state index is -0.564. The Morgan fingerprint density at radius 1 is 1.33 bits per heavy atom. The number of hydrogen-bond acceptors (Lipinski definition) is 4. The SMILES string of the molecule is O=C(C[n+]1ccncc1[N+](=O)[O-])c1ccccc1. The number of Topliss-reactive ketones (excluding diaryl/α,β-unsaturated/α-hetero) is 1. The smallest absolute Gasteiger partial charge is 0.287 e. The lowest BCUT2D eigenvalue weighted by Crippen LogP contribution is -2.40. The fraction of sp³-hybridized carbons (Fsp3) is 0.0833. The summed E-state index contributed by atoms with van der Waals surface area (Å²) in [5.41, 5.74) is 0.524. The zero-order chi connectivity index (χ0) is 13.0. The molecule has 0 aliphatic rings. The molecule has 0 unspecified atom stereocenters. The lowest BCUT2D eigenvalue weighted by atomic mass is 10.1. The van der Waals surface area contributed by atoms with Crippen LogP contribution in [0.2, 0.25) is 0 Å². The topological polar surface area (TPSA) is 77.0 Å². The van der Waals surface area contributed by atoms with Crippen LogP contribution in [0.5, 0.6) is 0 Å². The van der Waals surface area contributed by atoms with Crippen molar-refractivity contribution >= 4 is 11.6 Å². The highest BCUT2D eigenvalue weighted by Gasteiger charge is 2.24. The second-order valence-electron chi connectivity index (χ2n) is 3.61. The first-order valence-electron chi connectivity index (χ1n) is 5.24. The third-order valence-corrected chi connectivity index (χ3v) is 2.41. The van der Waals surface area contributed by atoms with Crippen LogP contribution in [-0.4, -0.2) is 15.7 Å². The average Bonchev–Trinajstić information content (AvgIpc) is 2.40. The van der Waals surface area contributed by atoms with Gasteiger partial charge in [0.15, 0.2) is 12.4 Å². The van der Waals surface area contributed by atoms with Crippen molar-refractivity contribution in [3.8, 4) is 0 Å². The third-order valence-electron chi connectivity index (χ3n) is 2.41. The van der Waals surface area contributed by atoms with E-state index in [0.29, 0.717) is 5.56 Å². The van der Waals surface area contributed by atoms with Gasteiger partial charge in [-0.15, -0.1) is 4.57 Å². The second-order valence-corrected chi connectivity index (χ2v) is 3.61. The minimum absolute atomic E-state index is 0.0805. The Hall–Kier alpha value is -2.63. The highest BCUT2D eigenvalue weighted by molar-refractivity contribution is 5.94. The molecule has 1 aromatic heterocycles. The Bertz CT molecular complexity index is 584. The molecule has 2 rings (SSSR count). The number of rotatable bonds is 4. The van der Waals surface area contributed by atoms with Crippen molar-refractivity contribution in [3.63, 3.8) is 0 Å². The molecule has 0 bridgehead atoms. The fourth-order valence-corrected chi connectivity index (χ4v) is 1.53. The number of ketones is 1. The van der Waals surface area contributed by atoms with Crippen molar-refractivity contribution in [3.05, 3.63) is 64.6 Å². The Balaban J connectivity index is 2.25. The van der Waals surface area contributed by atoms with Crippen LogP contribution < -0.4 is 4.57 Å². The van der Waals surface area contributed by atoms with Crippen LogP contribution in [0, 0.1) is 10.1 Å². The van der Waals surface area contributed by atoms with E-state index >= 15 is 0 Å². The predicted octanol–water partition coefficient (Wildman–Crippen LogP) is 1.16. The first-order chi connectivity index (χ1) is 8.68. The van der Waals surface area contributed by atoms with Crippen LogP contribution in [0.25, 0.3) is 0 Å². The van der Waals surface area contributed by atoms with Crippen LogP contribution in [0.1, 0.15) is 10.4 Å². The number of nitro groups is 1. The maximum Gasteiger partial charge on any atom is 0.520 e. The third kappa shape index (κ3) is 2.54. The van der Waals surface area contributed by atoms with Gasteiger partial charge in [-0.25, -0.2) is 4.98 Å². The summed E-state index contributed by atoms with van der Waals surface area (Å²) in [5, 5.41) is 10.8. The van der Waals surface area contributed by atoms with Crippen LogP contribution in [0.4, 0.5) is 5.82 Å². The molecule has 0 saturated heterocycles. The normalized spacial score (nSPS) is 10.0. The summed E-state index contributed by atoms with van der Waals surface area (Å²) in [6.45, 7) is -0.0805. The van der Waals surface area contributed by atoms with E-state index < -0.39 is 4.92 Å². The van der Waals surface area contributed by atoms with Crippen molar-refractivity contribution in [2.24, 2.45) is 0 Å². The van der Waals surface area contributed by atoms with Crippen LogP contribution in [0.3, 0.4) is 0 Å². The van der Waals surface area contributed by atoms with Crippen molar-refractivity contribution in [2.45, 2.75) is 6.54 Å². The number of hydrogen-bond donors (Lipinski definition) is 0. The molecule has 2 aromatic rings. The number of aromatic nitrogens is 2. The van der Waals surface area contributed by atoms with Crippen LogP contribution >= 0.6 is 0 Å². The van der Waals surface area contributed by atoms with Gasteiger partial charge in [-0.1, -0.05) is 30.3 Å². The second kappa shape index (κ2) is 5.13. The molecule has 6 heteroatoms. The lowest BCUT2D eigenvalue weighted by Gasteiger charge is -1.97. The molecular formula is C12H10N3O3+. The Morgan fingerprint density at radius 2 is 2.06 bits per heavy atom. The van der Waals surface area contributed by atoms with Gasteiger partial charge in [0, 0.05) is 5.56 Å². The Morgan fingerprint density at radius 3 is 2.72 bits per heavy atom. The zero-order valence-electron chi connectivity index (χ0n) is 9.39. The van der Waals surface area contributed by atoms with E-state index in [1.807, 2.05) is 0 Å². The molecule has 6 nitrogen and oxygen atoms in total. The predicted molar refractivity (Wildman–Crippen MR) is 61.9 cm³/mol. The van der Waals surface area contributed by atoms with Crippen molar-refractivity contribution < 1.29 is 14.3 Å². The molecule has 0 aliphatic heterocycles. The van der Waals surface area contributed by atoms with Gasteiger partial charge in [-0.05, 0) is 0 Å². The van der Waals surface area contributed by atoms with E-state index in [1.165, 1.54) is 17.0 Å². The van der Waals surface area contributed by atoms with E-state index in [2.05, 4.69) is 4.98 Å². The summed E-state index contributed by atoms with van der Waals surface area (Å²) >= 11 is 0. The Labute approximate surface area is 103 Å². The summed E-state index contributed by atoms with van der Waals surface area (Å²) in [6.07, 6.45) is 3.95. The quantitative estimate of drug-likeness (QED) is 0.350. The summed E-state index contributed by atoms with van der Waals surface area (Å²) in [5.74, 6) is -0.392. The van der Waals surface area contributed by atoms with E-state index in [-0.39, 0.29) is 18.1 Å². The molecule has 1 aromatic carbocycles. The molecule has 0 amide bonds. The average molecular weight is 244 g/mol. The van der Waals surface area contributed by atoms with Gasteiger partial charge in [0.1, 0.15) is 4.92 Å². The zero-order valence-corrected chi connectivity index (χ0v) is 9.39. The molecular weight excluding hydrogens is 234 g/mol. The largest absolute Gasteiger partial charge is 0.520 e.